The summed E-state index contributed by atoms with van der Waals surface area (Å²) < 4.78 is 23.3. The van der Waals surface area contributed by atoms with Gasteiger partial charge in [-0.25, -0.2) is 8.42 Å². The van der Waals surface area contributed by atoms with Crippen LogP contribution in [-0.2, 0) is 14.6 Å². The van der Waals surface area contributed by atoms with E-state index in [1.807, 2.05) is 19.9 Å². The molecule has 0 bridgehead atoms. The summed E-state index contributed by atoms with van der Waals surface area (Å²) in [7, 11) is -3.04. The largest absolute Gasteiger partial charge is 0.372 e. The first kappa shape index (κ1) is 19.3. The maximum atomic E-state index is 12.3. The molecule has 1 saturated heterocycles. The van der Waals surface area contributed by atoms with Crippen LogP contribution in [0.5, 0.6) is 0 Å². The van der Waals surface area contributed by atoms with E-state index >= 15 is 0 Å². The van der Waals surface area contributed by atoms with E-state index in [0.717, 1.165) is 5.56 Å². The van der Waals surface area contributed by atoms with Gasteiger partial charge in [0.15, 0.2) is 9.84 Å². The smallest absolute Gasteiger partial charge is 0.267 e. The molecule has 1 aliphatic rings. The highest BCUT2D eigenvalue weighted by Gasteiger charge is 2.31. The van der Waals surface area contributed by atoms with Gasteiger partial charge in [0, 0.05) is 29.5 Å². The molecule has 0 radical (unpaired) electrons. The fraction of sp³-hybridized carbons (Fsp3) is 0.412. The lowest BCUT2D eigenvalue weighted by Gasteiger charge is -2.25. The Bertz CT molecular complexity index is 843. The van der Waals surface area contributed by atoms with Gasteiger partial charge in [-0.2, -0.15) is 5.26 Å². The Balaban J connectivity index is 2.16. The number of halogens is 1. The Morgan fingerprint density at radius 1 is 1.52 bits per heavy atom. The predicted octanol–water partition coefficient (Wildman–Crippen LogP) is 2.50. The molecular formula is C17H20ClN3O3S. The zero-order valence-electron chi connectivity index (χ0n) is 14.1. The Labute approximate surface area is 153 Å². The Hall–Kier alpha value is -2.04. The van der Waals surface area contributed by atoms with Gasteiger partial charge in [-0.15, -0.1) is 0 Å². The first-order valence-electron chi connectivity index (χ1n) is 7.91. The summed E-state index contributed by atoms with van der Waals surface area (Å²) in [5.74, 6) is -0.370. The number of nitriles is 1. The molecule has 2 rings (SSSR count). The first-order valence-corrected chi connectivity index (χ1v) is 10.1. The monoisotopic (exact) mass is 381 g/mol. The minimum absolute atomic E-state index is 0.0469. The normalized spacial score (nSPS) is 19.3. The highest BCUT2D eigenvalue weighted by atomic mass is 35.5. The number of benzene rings is 1. The molecule has 0 aromatic heterocycles. The molecule has 0 saturated carbocycles. The van der Waals surface area contributed by atoms with Crippen LogP contribution in [0.1, 0.15) is 18.9 Å². The molecule has 6 nitrogen and oxygen atoms in total. The molecule has 1 N–H and O–H groups in total. The molecule has 1 amide bonds. The average Bonchev–Trinajstić information content (AvgIpc) is 2.92. The van der Waals surface area contributed by atoms with Gasteiger partial charge < -0.3 is 10.2 Å². The van der Waals surface area contributed by atoms with Crippen molar-refractivity contribution in [2.24, 2.45) is 0 Å². The molecule has 1 unspecified atom stereocenters. The fourth-order valence-corrected chi connectivity index (χ4v) is 4.59. The summed E-state index contributed by atoms with van der Waals surface area (Å²) in [5.41, 5.74) is 1.30. The van der Waals surface area contributed by atoms with Crippen molar-refractivity contribution in [2.45, 2.75) is 26.3 Å². The molecule has 0 aliphatic carbocycles. The molecule has 1 aliphatic heterocycles. The second-order valence-corrected chi connectivity index (χ2v) is 8.60. The van der Waals surface area contributed by atoms with Crippen LogP contribution in [0.3, 0.4) is 0 Å². The standard InChI is InChI=1S/C17H20ClN3O3S/c1-3-21(15-6-7-25(23,24)11-15)10-13(9-19)17(22)20-14-5-4-12(2)16(18)8-14/h4-5,8,10,15H,3,6-7,11H2,1-2H3,(H,20,22)/b13-10-. The van der Waals surface area contributed by atoms with Crippen LogP contribution in [0.15, 0.2) is 30.0 Å². The Morgan fingerprint density at radius 3 is 2.76 bits per heavy atom. The molecule has 134 valence electrons. The van der Waals surface area contributed by atoms with Gasteiger partial charge >= 0.3 is 0 Å². The van der Waals surface area contributed by atoms with Gasteiger partial charge in [0.2, 0.25) is 0 Å². The number of amides is 1. The van der Waals surface area contributed by atoms with Crippen molar-refractivity contribution in [1.82, 2.24) is 4.90 Å². The van der Waals surface area contributed by atoms with Crippen LogP contribution in [0.25, 0.3) is 0 Å². The van der Waals surface area contributed by atoms with Crippen LogP contribution in [-0.4, -0.2) is 43.3 Å². The summed E-state index contributed by atoms with van der Waals surface area (Å²) in [6.45, 7) is 4.21. The lowest BCUT2D eigenvalue weighted by Crippen LogP contribution is -2.32. The molecule has 1 fully saturated rings. The number of sulfone groups is 1. The molecule has 1 heterocycles. The van der Waals surface area contributed by atoms with Crippen molar-refractivity contribution in [2.75, 3.05) is 23.4 Å². The topological polar surface area (TPSA) is 90.3 Å². The lowest BCUT2D eigenvalue weighted by molar-refractivity contribution is -0.112. The summed E-state index contributed by atoms with van der Waals surface area (Å²) in [4.78, 5) is 14.1. The molecule has 0 spiro atoms. The summed E-state index contributed by atoms with van der Waals surface area (Å²) in [6, 6.07) is 6.77. The number of nitrogens with one attached hydrogen (secondary N) is 1. The van der Waals surface area contributed by atoms with Gasteiger partial charge in [0.25, 0.3) is 5.91 Å². The fourth-order valence-electron chi connectivity index (χ4n) is 2.66. The third-order valence-corrected chi connectivity index (χ3v) is 6.29. The van der Waals surface area contributed by atoms with E-state index in [1.165, 1.54) is 6.20 Å². The minimum atomic E-state index is -3.04. The highest BCUT2D eigenvalue weighted by molar-refractivity contribution is 7.91. The van der Waals surface area contributed by atoms with E-state index in [2.05, 4.69) is 5.32 Å². The van der Waals surface area contributed by atoms with Crippen molar-refractivity contribution in [3.63, 3.8) is 0 Å². The van der Waals surface area contributed by atoms with Gasteiger partial charge in [0.1, 0.15) is 11.6 Å². The molecule has 25 heavy (non-hydrogen) atoms. The van der Waals surface area contributed by atoms with Crippen LogP contribution in [0.2, 0.25) is 5.02 Å². The van der Waals surface area contributed by atoms with Gasteiger partial charge in [0.05, 0.1) is 11.5 Å². The van der Waals surface area contributed by atoms with E-state index in [1.54, 1.807) is 23.1 Å². The number of hydrogen-bond donors (Lipinski definition) is 1. The van der Waals surface area contributed by atoms with E-state index in [0.29, 0.717) is 23.7 Å². The van der Waals surface area contributed by atoms with Crippen molar-refractivity contribution < 1.29 is 13.2 Å². The summed E-state index contributed by atoms with van der Waals surface area (Å²) in [6.07, 6.45) is 1.94. The maximum Gasteiger partial charge on any atom is 0.267 e. The van der Waals surface area contributed by atoms with Crippen LogP contribution >= 0.6 is 11.6 Å². The predicted molar refractivity (Wildman–Crippen MR) is 98.0 cm³/mol. The van der Waals surface area contributed by atoms with E-state index in [-0.39, 0.29) is 23.1 Å². The maximum absolute atomic E-state index is 12.3. The molecule has 1 aromatic rings. The van der Waals surface area contributed by atoms with Gasteiger partial charge in [-0.3, -0.25) is 4.79 Å². The molecular weight excluding hydrogens is 362 g/mol. The Kier molecular flexibility index (Phi) is 6.09. The number of anilines is 1. The van der Waals surface area contributed by atoms with E-state index < -0.39 is 15.7 Å². The quantitative estimate of drug-likeness (QED) is 0.625. The van der Waals surface area contributed by atoms with Crippen LogP contribution in [0, 0.1) is 18.3 Å². The van der Waals surface area contributed by atoms with Gasteiger partial charge in [-0.1, -0.05) is 17.7 Å². The summed E-state index contributed by atoms with van der Waals surface area (Å²) in [5, 5.41) is 12.5. The minimum Gasteiger partial charge on any atom is -0.372 e. The second kappa shape index (κ2) is 7.89. The van der Waals surface area contributed by atoms with Crippen molar-refractivity contribution >= 4 is 33.0 Å². The van der Waals surface area contributed by atoms with Gasteiger partial charge in [-0.05, 0) is 38.0 Å². The third-order valence-electron chi connectivity index (χ3n) is 4.13. The molecule has 1 atom stereocenters. The zero-order valence-corrected chi connectivity index (χ0v) is 15.7. The lowest BCUT2D eigenvalue weighted by atomic mass is 10.2. The van der Waals surface area contributed by atoms with Crippen LogP contribution < -0.4 is 5.32 Å². The zero-order chi connectivity index (χ0) is 18.6. The summed E-state index contributed by atoms with van der Waals surface area (Å²) >= 11 is 6.03. The molecule has 1 aromatic carbocycles. The van der Waals surface area contributed by atoms with Crippen molar-refractivity contribution in [3.05, 3.63) is 40.6 Å². The number of carbonyl (C=O) groups excluding carboxylic acids is 1. The highest BCUT2D eigenvalue weighted by Crippen LogP contribution is 2.21. The van der Waals surface area contributed by atoms with E-state index in [4.69, 9.17) is 11.6 Å². The number of aryl methyl sites for hydroxylation is 1. The van der Waals surface area contributed by atoms with E-state index in [9.17, 15) is 18.5 Å². The van der Waals surface area contributed by atoms with Crippen molar-refractivity contribution in [1.29, 1.82) is 5.26 Å². The number of carbonyl (C=O) groups is 1. The number of nitrogens with zero attached hydrogens (tertiary/aromatic N) is 2. The number of hydrogen-bond acceptors (Lipinski definition) is 5. The number of rotatable bonds is 5. The third kappa shape index (κ3) is 4.97. The van der Waals surface area contributed by atoms with Crippen molar-refractivity contribution in [3.8, 4) is 6.07 Å². The molecule has 8 heteroatoms. The SMILES string of the molecule is CCN(/C=C(/C#N)C(=O)Nc1ccc(C)c(Cl)c1)C1CCS(=O)(=O)C1. The first-order chi connectivity index (χ1) is 11.8. The Morgan fingerprint density at radius 2 is 2.24 bits per heavy atom. The average molecular weight is 382 g/mol. The van der Waals surface area contributed by atoms with Crippen LogP contribution in [0.4, 0.5) is 5.69 Å². The second-order valence-electron chi connectivity index (χ2n) is 5.96.